The van der Waals surface area contributed by atoms with Gasteiger partial charge in [-0.3, -0.25) is 0 Å². The first kappa shape index (κ1) is 12.2. The first-order valence-electron chi connectivity index (χ1n) is 6.75. The van der Waals surface area contributed by atoms with Gasteiger partial charge in [-0.2, -0.15) is 0 Å². The van der Waals surface area contributed by atoms with Crippen molar-refractivity contribution in [2.75, 3.05) is 25.6 Å². The maximum Gasteiger partial charge on any atom is 0.0950 e. The number of benzene rings is 1. The van der Waals surface area contributed by atoms with Gasteiger partial charge < -0.3 is 14.6 Å². The summed E-state index contributed by atoms with van der Waals surface area (Å²) in [5.74, 6) is 0. The molecule has 0 amide bonds. The Labute approximate surface area is 113 Å². The molecule has 0 radical (unpaired) electrons. The lowest BCUT2D eigenvalue weighted by atomic mass is 10.1. The van der Waals surface area contributed by atoms with Crippen molar-refractivity contribution >= 4 is 5.69 Å². The number of anilines is 1. The number of aromatic nitrogens is 2. The second-order valence-corrected chi connectivity index (χ2v) is 4.84. The van der Waals surface area contributed by atoms with Crippen molar-refractivity contribution in [1.82, 2.24) is 9.55 Å². The highest BCUT2D eigenvalue weighted by Crippen LogP contribution is 2.34. The highest BCUT2D eigenvalue weighted by molar-refractivity contribution is 5.79. The fourth-order valence-corrected chi connectivity index (χ4v) is 2.66. The minimum absolute atomic E-state index is 0.781. The summed E-state index contributed by atoms with van der Waals surface area (Å²) in [6.45, 7) is 2.75. The van der Waals surface area contributed by atoms with Gasteiger partial charge in [-0.1, -0.05) is 18.2 Å². The Kier molecular flexibility index (Phi) is 3.51. The second kappa shape index (κ2) is 5.45. The maximum absolute atomic E-state index is 5.11. The lowest BCUT2D eigenvalue weighted by molar-refractivity contribution is 0.190. The molecule has 19 heavy (non-hydrogen) atoms. The van der Waals surface area contributed by atoms with E-state index in [1.807, 2.05) is 12.5 Å². The van der Waals surface area contributed by atoms with Gasteiger partial charge in [0.1, 0.15) is 0 Å². The Hall–Kier alpha value is -1.81. The van der Waals surface area contributed by atoms with E-state index in [2.05, 4.69) is 33.1 Å². The molecule has 4 nitrogen and oxygen atoms in total. The van der Waals surface area contributed by atoms with Crippen LogP contribution in [0.2, 0.25) is 0 Å². The zero-order valence-electron chi connectivity index (χ0n) is 11.2. The number of nitrogens with one attached hydrogen (secondary N) is 1. The van der Waals surface area contributed by atoms with Crippen LogP contribution in [0.15, 0.2) is 30.7 Å². The standard InChI is InChI=1S/C15H19N3O/c1-19-9-3-8-18-11-16-10-14(18)13-5-2-4-12-6-7-17-15(12)13/h2,4-5,10-11,17H,3,6-9H2,1H3. The third kappa shape index (κ3) is 2.36. The quantitative estimate of drug-likeness (QED) is 0.837. The smallest absolute Gasteiger partial charge is 0.0950 e. The summed E-state index contributed by atoms with van der Waals surface area (Å²) >= 11 is 0. The third-order valence-electron chi connectivity index (χ3n) is 3.58. The van der Waals surface area contributed by atoms with Gasteiger partial charge in [0.05, 0.1) is 18.2 Å². The normalized spacial score (nSPS) is 13.3. The highest BCUT2D eigenvalue weighted by Gasteiger charge is 2.16. The molecule has 0 fully saturated rings. The minimum atomic E-state index is 0.781. The van der Waals surface area contributed by atoms with E-state index in [0.717, 1.165) is 32.5 Å². The average Bonchev–Trinajstić information content (AvgIpc) is 3.07. The number of hydrogen-bond donors (Lipinski definition) is 1. The number of aryl methyl sites for hydroxylation is 1. The summed E-state index contributed by atoms with van der Waals surface area (Å²) in [5, 5.41) is 3.49. The van der Waals surface area contributed by atoms with Gasteiger partial charge in [0.25, 0.3) is 0 Å². The monoisotopic (exact) mass is 257 g/mol. The summed E-state index contributed by atoms with van der Waals surface area (Å²) in [6.07, 6.45) is 5.96. The lowest BCUT2D eigenvalue weighted by Gasteiger charge is -2.12. The van der Waals surface area contributed by atoms with E-state index in [4.69, 9.17) is 4.74 Å². The number of ether oxygens (including phenoxy) is 1. The van der Waals surface area contributed by atoms with E-state index < -0.39 is 0 Å². The van der Waals surface area contributed by atoms with Crippen LogP contribution < -0.4 is 5.32 Å². The molecule has 1 aliphatic rings. The van der Waals surface area contributed by atoms with E-state index >= 15 is 0 Å². The minimum Gasteiger partial charge on any atom is -0.385 e. The van der Waals surface area contributed by atoms with Crippen molar-refractivity contribution in [2.45, 2.75) is 19.4 Å². The Morgan fingerprint density at radius 1 is 1.42 bits per heavy atom. The Balaban J connectivity index is 1.90. The fourth-order valence-electron chi connectivity index (χ4n) is 2.66. The van der Waals surface area contributed by atoms with E-state index in [9.17, 15) is 0 Å². The first-order chi connectivity index (χ1) is 9.40. The number of para-hydroxylation sites is 1. The summed E-state index contributed by atoms with van der Waals surface area (Å²) in [7, 11) is 1.74. The molecule has 100 valence electrons. The molecule has 1 aliphatic heterocycles. The maximum atomic E-state index is 5.11. The van der Waals surface area contributed by atoms with Crippen molar-refractivity contribution in [1.29, 1.82) is 0 Å². The van der Waals surface area contributed by atoms with Crippen LogP contribution in [0.3, 0.4) is 0 Å². The Morgan fingerprint density at radius 2 is 2.37 bits per heavy atom. The SMILES string of the molecule is COCCCn1cncc1-c1cccc2c1NCC2. The molecule has 0 unspecified atom stereocenters. The molecule has 0 aliphatic carbocycles. The van der Waals surface area contributed by atoms with Crippen LogP contribution in [0.5, 0.6) is 0 Å². The first-order valence-corrected chi connectivity index (χ1v) is 6.75. The molecule has 0 spiro atoms. The van der Waals surface area contributed by atoms with Crippen LogP contribution in [0, 0.1) is 0 Å². The fraction of sp³-hybridized carbons (Fsp3) is 0.400. The van der Waals surface area contributed by atoms with E-state index in [1.165, 1.54) is 22.5 Å². The van der Waals surface area contributed by atoms with Crippen molar-refractivity contribution in [3.8, 4) is 11.3 Å². The predicted molar refractivity (Wildman–Crippen MR) is 76.3 cm³/mol. The van der Waals surface area contributed by atoms with Gasteiger partial charge in [0.2, 0.25) is 0 Å². The zero-order chi connectivity index (χ0) is 13.1. The third-order valence-corrected chi connectivity index (χ3v) is 3.58. The number of methoxy groups -OCH3 is 1. The van der Waals surface area contributed by atoms with Gasteiger partial charge in [0.15, 0.2) is 0 Å². The Morgan fingerprint density at radius 3 is 3.26 bits per heavy atom. The molecule has 4 heteroatoms. The number of fused-ring (bicyclic) bond motifs is 1. The summed E-state index contributed by atoms with van der Waals surface area (Å²) < 4.78 is 7.32. The van der Waals surface area contributed by atoms with Gasteiger partial charge >= 0.3 is 0 Å². The van der Waals surface area contributed by atoms with Gasteiger partial charge in [-0.25, -0.2) is 4.98 Å². The molecule has 0 atom stereocenters. The summed E-state index contributed by atoms with van der Waals surface area (Å²) in [6, 6.07) is 6.50. The summed E-state index contributed by atoms with van der Waals surface area (Å²) in [4.78, 5) is 4.30. The van der Waals surface area contributed by atoms with Crippen LogP contribution in [-0.2, 0) is 17.7 Å². The van der Waals surface area contributed by atoms with Crippen LogP contribution in [0.25, 0.3) is 11.3 Å². The number of nitrogens with zero attached hydrogens (tertiary/aromatic N) is 2. The molecular weight excluding hydrogens is 238 g/mol. The van der Waals surface area contributed by atoms with Crippen molar-refractivity contribution in [3.05, 3.63) is 36.3 Å². The molecule has 0 saturated heterocycles. The van der Waals surface area contributed by atoms with Crippen LogP contribution in [0.4, 0.5) is 5.69 Å². The van der Waals surface area contributed by atoms with Gasteiger partial charge in [-0.05, 0) is 18.4 Å². The molecule has 2 aromatic rings. The molecule has 3 rings (SSSR count). The average molecular weight is 257 g/mol. The molecule has 1 aromatic carbocycles. The lowest BCUT2D eigenvalue weighted by Crippen LogP contribution is -2.03. The molecule has 0 saturated carbocycles. The van der Waals surface area contributed by atoms with Crippen LogP contribution in [-0.4, -0.2) is 29.8 Å². The highest BCUT2D eigenvalue weighted by atomic mass is 16.5. The topological polar surface area (TPSA) is 39.1 Å². The van der Waals surface area contributed by atoms with E-state index in [1.54, 1.807) is 7.11 Å². The van der Waals surface area contributed by atoms with Crippen LogP contribution >= 0.6 is 0 Å². The number of imidazole rings is 1. The number of rotatable bonds is 5. The number of hydrogen-bond acceptors (Lipinski definition) is 3. The molecule has 1 aromatic heterocycles. The largest absolute Gasteiger partial charge is 0.385 e. The second-order valence-electron chi connectivity index (χ2n) is 4.84. The molecule has 2 heterocycles. The molecule has 1 N–H and O–H groups in total. The van der Waals surface area contributed by atoms with Gasteiger partial charge in [-0.15, -0.1) is 0 Å². The van der Waals surface area contributed by atoms with Crippen molar-refractivity contribution < 1.29 is 4.74 Å². The van der Waals surface area contributed by atoms with Crippen LogP contribution in [0.1, 0.15) is 12.0 Å². The predicted octanol–water partition coefficient (Wildman–Crippen LogP) is 2.55. The van der Waals surface area contributed by atoms with E-state index in [-0.39, 0.29) is 0 Å². The van der Waals surface area contributed by atoms with Gasteiger partial charge in [0, 0.05) is 38.1 Å². The van der Waals surface area contributed by atoms with Crippen molar-refractivity contribution in [3.63, 3.8) is 0 Å². The zero-order valence-corrected chi connectivity index (χ0v) is 11.2. The molecular formula is C15H19N3O. The summed E-state index contributed by atoms with van der Waals surface area (Å²) in [5.41, 5.74) is 5.12. The van der Waals surface area contributed by atoms with Crippen molar-refractivity contribution in [2.24, 2.45) is 0 Å². The molecule has 0 bridgehead atoms. The Bertz CT molecular complexity index is 562. The van der Waals surface area contributed by atoms with E-state index in [0.29, 0.717) is 0 Å².